The van der Waals surface area contributed by atoms with Crippen molar-refractivity contribution in [2.45, 2.75) is 6.92 Å². The van der Waals surface area contributed by atoms with Crippen LogP contribution in [0.3, 0.4) is 0 Å². The molecule has 0 unspecified atom stereocenters. The molecule has 1 aromatic rings. The van der Waals surface area contributed by atoms with Crippen molar-refractivity contribution in [3.63, 3.8) is 0 Å². The molecule has 0 saturated heterocycles. The maximum absolute atomic E-state index is 11.1. The zero-order chi connectivity index (χ0) is 9.90. The van der Waals surface area contributed by atoms with Crippen LogP contribution in [0.15, 0.2) is 28.7 Å². The summed E-state index contributed by atoms with van der Waals surface area (Å²) in [5, 5.41) is 0. The van der Waals surface area contributed by atoms with Gasteiger partial charge < -0.3 is 0 Å². The molecular weight excluding hydrogens is 254 g/mol. The van der Waals surface area contributed by atoms with Crippen LogP contribution in [0.5, 0.6) is 0 Å². The van der Waals surface area contributed by atoms with Crippen molar-refractivity contribution in [3.8, 4) is 0 Å². The standard InChI is InChI=1S/C8H10BrNO2S/c1-2-13(11,12)10-8-5-3-7(9)4-6-8/h3-6,10H,2H2,1H3. The first-order valence-electron chi connectivity index (χ1n) is 3.79. The fourth-order valence-electron chi connectivity index (χ4n) is 0.770. The maximum Gasteiger partial charge on any atom is 0.232 e. The molecule has 0 heterocycles. The Balaban J connectivity index is 2.82. The summed E-state index contributed by atoms with van der Waals surface area (Å²) in [4.78, 5) is 0. The Morgan fingerprint density at radius 1 is 1.31 bits per heavy atom. The van der Waals surface area contributed by atoms with Crippen LogP contribution in [0.1, 0.15) is 6.92 Å². The Labute approximate surface area is 86.3 Å². The van der Waals surface area contributed by atoms with Crippen molar-refractivity contribution >= 4 is 31.6 Å². The monoisotopic (exact) mass is 263 g/mol. The lowest BCUT2D eigenvalue weighted by Crippen LogP contribution is -2.14. The van der Waals surface area contributed by atoms with Crippen molar-refractivity contribution in [1.82, 2.24) is 0 Å². The van der Waals surface area contributed by atoms with E-state index >= 15 is 0 Å². The van der Waals surface area contributed by atoms with Crippen LogP contribution >= 0.6 is 15.9 Å². The lowest BCUT2D eigenvalue weighted by atomic mass is 10.3. The molecule has 13 heavy (non-hydrogen) atoms. The van der Waals surface area contributed by atoms with Gasteiger partial charge in [-0.05, 0) is 31.2 Å². The molecule has 0 fully saturated rings. The molecule has 0 radical (unpaired) electrons. The predicted octanol–water partition coefficient (Wildman–Crippen LogP) is 2.21. The van der Waals surface area contributed by atoms with E-state index in [1.807, 2.05) is 0 Å². The largest absolute Gasteiger partial charge is 0.284 e. The fraction of sp³-hybridized carbons (Fsp3) is 0.250. The molecule has 5 heteroatoms. The van der Waals surface area contributed by atoms with Gasteiger partial charge in [-0.1, -0.05) is 15.9 Å². The van der Waals surface area contributed by atoms with Crippen LogP contribution in [0, 0.1) is 0 Å². The highest BCUT2D eigenvalue weighted by molar-refractivity contribution is 9.10. The number of rotatable bonds is 3. The van der Waals surface area contributed by atoms with Gasteiger partial charge >= 0.3 is 0 Å². The summed E-state index contributed by atoms with van der Waals surface area (Å²) >= 11 is 3.26. The number of benzene rings is 1. The molecule has 3 nitrogen and oxygen atoms in total. The Kier molecular flexibility index (Phi) is 3.33. The van der Waals surface area contributed by atoms with Gasteiger partial charge in [0.05, 0.1) is 5.75 Å². The van der Waals surface area contributed by atoms with Gasteiger partial charge in [-0.15, -0.1) is 0 Å². The van der Waals surface area contributed by atoms with Gasteiger partial charge in [-0.3, -0.25) is 4.72 Å². The van der Waals surface area contributed by atoms with Crippen molar-refractivity contribution in [1.29, 1.82) is 0 Å². The highest BCUT2D eigenvalue weighted by atomic mass is 79.9. The number of anilines is 1. The van der Waals surface area contributed by atoms with Gasteiger partial charge in [0.15, 0.2) is 0 Å². The molecule has 72 valence electrons. The first-order chi connectivity index (χ1) is 6.03. The molecule has 0 aliphatic rings. The van der Waals surface area contributed by atoms with Crippen LogP contribution < -0.4 is 4.72 Å². The van der Waals surface area contributed by atoms with E-state index in [0.717, 1.165) is 4.47 Å². The average molecular weight is 264 g/mol. The van der Waals surface area contributed by atoms with Crippen LogP contribution in [-0.2, 0) is 10.0 Å². The second kappa shape index (κ2) is 4.11. The Morgan fingerprint density at radius 2 is 1.85 bits per heavy atom. The van der Waals surface area contributed by atoms with Crippen molar-refractivity contribution < 1.29 is 8.42 Å². The molecule has 1 N–H and O–H groups in total. The minimum atomic E-state index is -3.15. The van der Waals surface area contributed by atoms with Crippen molar-refractivity contribution in [2.24, 2.45) is 0 Å². The van der Waals surface area contributed by atoms with Gasteiger partial charge in [-0.25, -0.2) is 8.42 Å². The summed E-state index contributed by atoms with van der Waals surface area (Å²) in [6.45, 7) is 1.60. The highest BCUT2D eigenvalue weighted by Gasteiger charge is 2.05. The summed E-state index contributed by atoms with van der Waals surface area (Å²) in [5.41, 5.74) is 0.588. The molecule has 0 aliphatic carbocycles. The molecule has 0 saturated carbocycles. The maximum atomic E-state index is 11.1. The lowest BCUT2D eigenvalue weighted by Gasteiger charge is -2.04. The van der Waals surface area contributed by atoms with Crippen molar-refractivity contribution in [2.75, 3.05) is 10.5 Å². The van der Waals surface area contributed by atoms with Gasteiger partial charge in [0, 0.05) is 10.2 Å². The van der Waals surface area contributed by atoms with E-state index in [0.29, 0.717) is 5.69 Å². The fourth-order valence-corrected chi connectivity index (χ4v) is 1.67. The van der Waals surface area contributed by atoms with E-state index < -0.39 is 10.0 Å². The lowest BCUT2D eigenvalue weighted by molar-refractivity contribution is 0.602. The minimum absolute atomic E-state index is 0.0864. The molecule has 0 aromatic heterocycles. The van der Waals surface area contributed by atoms with E-state index in [4.69, 9.17) is 0 Å². The zero-order valence-electron chi connectivity index (χ0n) is 7.12. The van der Waals surface area contributed by atoms with Crippen LogP contribution in [-0.4, -0.2) is 14.2 Å². The summed E-state index contributed by atoms with van der Waals surface area (Å²) in [5.74, 6) is 0.0864. The van der Waals surface area contributed by atoms with Crippen LogP contribution in [0.2, 0.25) is 0 Å². The van der Waals surface area contributed by atoms with Gasteiger partial charge in [0.25, 0.3) is 0 Å². The topological polar surface area (TPSA) is 46.2 Å². The second-order valence-electron chi connectivity index (χ2n) is 2.51. The van der Waals surface area contributed by atoms with E-state index in [1.165, 1.54) is 0 Å². The number of sulfonamides is 1. The van der Waals surface area contributed by atoms with E-state index in [1.54, 1.807) is 31.2 Å². The Morgan fingerprint density at radius 3 is 2.31 bits per heavy atom. The highest BCUT2D eigenvalue weighted by Crippen LogP contribution is 2.15. The summed E-state index contributed by atoms with van der Waals surface area (Å²) in [7, 11) is -3.15. The number of halogens is 1. The zero-order valence-corrected chi connectivity index (χ0v) is 9.52. The number of hydrogen-bond donors (Lipinski definition) is 1. The van der Waals surface area contributed by atoms with E-state index in [9.17, 15) is 8.42 Å². The molecule has 0 bridgehead atoms. The molecule has 1 rings (SSSR count). The van der Waals surface area contributed by atoms with E-state index in [-0.39, 0.29) is 5.75 Å². The molecule has 0 atom stereocenters. The quantitative estimate of drug-likeness (QED) is 0.909. The Hall–Kier alpha value is -0.550. The molecule has 0 spiro atoms. The SMILES string of the molecule is CCS(=O)(=O)Nc1ccc(Br)cc1. The minimum Gasteiger partial charge on any atom is -0.284 e. The van der Waals surface area contributed by atoms with Crippen LogP contribution in [0.4, 0.5) is 5.69 Å². The van der Waals surface area contributed by atoms with Crippen molar-refractivity contribution in [3.05, 3.63) is 28.7 Å². The van der Waals surface area contributed by atoms with Gasteiger partial charge in [0.2, 0.25) is 10.0 Å². The summed E-state index contributed by atoms with van der Waals surface area (Å²) in [6, 6.07) is 6.98. The normalized spacial score (nSPS) is 11.2. The molecular formula is C8H10BrNO2S. The molecule has 0 aliphatic heterocycles. The first kappa shape index (κ1) is 10.5. The third-order valence-corrected chi connectivity index (χ3v) is 3.33. The number of nitrogens with one attached hydrogen (secondary N) is 1. The van der Waals surface area contributed by atoms with Gasteiger partial charge in [-0.2, -0.15) is 0 Å². The average Bonchev–Trinajstić information content (AvgIpc) is 2.09. The third-order valence-electron chi connectivity index (χ3n) is 1.50. The second-order valence-corrected chi connectivity index (χ2v) is 5.44. The number of hydrogen-bond acceptors (Lipinski definition) is 2. The van der Waals surface area contributed by atoms with Crippen LogP contribution in [0.25, 0.3) is 0 Å². The first-order valence-corrected chi connectivity index (χ1v) is 6.24. The predicted molar refractivity (Wildman–Crippen MR) is 57.2 cm³/mol. The Bertz CT molecular complexity index is 372. The smallest absolute Gasteiger partial charge is 0.232 e. The van der Waals surface area contributed by atoms with E-state index in [2.05, 4.69) is 20.7 Å². The summed E-state index contributed by atoms with van der Waals surface area (Å²) < 4.78 is 25.6. The molecule has 0 amide bonds. The van der Waals surface area contributed by atoms with Gasteiger partial charge in [0.1, 0.15) is 0 Å². The third kappa shape index (κ3) is 3.36. The summed E-state index contributed by atoms with van der Waals surface area (Å²) in [6.07, 6.45) is 0. The molecule has 1 aromatic carbocycles.